The molecule has 1 amide bonds. The molecule has 6 nitrogen and oxygen atoms in total. The Morgan fingerprint density at radius 3 is 3.17 bits per heavy atom. The van der Waals surface area contributed by atoms with E-state index in [1.807, 2.05) is 6.07 Å². The maximum Gasteiger partial charge on any atom is 0.263 e. The zero-order valence-corrected chi connectivity index (χ0v) is 17.9. The van der Waals surface area contributed by atoms with Crippen molar-refractivity contribution < 1.29 is 9.21 Å². The zero-order chi connectivity index (χ0) is 20.4. The van der Waals surface area contributed by atoms with Gasteiger partial charge < -0.3 is 9.73 Å². The van der Waals surface area contributed by atoms with Crippen LogP contribution in [0.2, 0.25) is 0 Å². The predicted octanol–water partition coefficient (Wildman–Crippen LogP) is 3.77. The van der Waals surface area contributed by atoms with Crippen molar-refractivity contribution in [1.82, 2.24) is 14.9 Å². The van der Waals surface area contributed by atoms with E-state index in [9.17, 15) is 9.59 Å². The summed E-state index contributed by atoms with van der Waals surface area (Å²) >= 11 is 2.90. The van der Waals surface area contributed by atoms with Crippen LogP contribution >= 0.6 is 23.1 Å². The molecule has 0 radical (unpaired) electrons. The van der Waals surface area contributed by atoms with E-state index >= 15 is 0 Å². The van der Waals surface area contributed by atoms with Crippen LogP contribution in [-0.2, 0) is 30.7 Å². The molecule has 0 aromatic carbocycles. The summed E-state index contributed by atoms with van der Waals surface area (Å²) < 4.78 is 6.85. The Balaban J connectivity index is 1.58. The van der Waals surface area contributed by atoms with E-state index in [1.54, 1.807) is 34.3 Å². The van der Waals surface area contributed by atoms with Gasteiger partial charge in [-0.2, -0.15) is 0 Å². The Labute approximate surface area is 177 Å². The number of hydrogen-bond donors (Lipinski definition) is 1. The summed E-state index contributed by atoms with van der Waals surface area (Å²) in [5, 5.41) is 4.13. The predicted molar refractivity (Wildman–Crippen MR) is 117 cm³/mol. The third kappa shape index (κ3) is 4.18. The lowest BCUT2D eigenvalue weighted by Gasteiger charge is -2.17. The second-order valence-corrected chi connectivity index (χ2v) is 9.30. The van der Waals surface area contributed by atoms with E-state index in [-0.39, 0.29) is 17.2 Å². The van der Waals surface area contributed by atoms with Crippen LogP contribution < -0.4 is 10.9 Å². The van der Waals surface area contributed by atoms with Gasteiger partial charge in [0.25, 0.3) is 5.56 Å². The van der Waals surface area contributed by atoms with Crippen molar-refractivity contribution in [2.45, 2.75) is 44.4 Å². The number of aryl methyl sites for hydroxylation is 1. The van der Waals surface area contributed by atoms with Crippen LogP contribution in [-0.4, -0.2) is 21.2 Å². The topological polar surface area (TPSA) is 77.1 Å². The number of carbonyl (C=O) groups excluding carboxylic acids is 1. The maximum absolute atomic E-state index is 13.2. The Kier molecular flexibility index (Phi) is 5.91. The summed E-state index contributed by atoms with van der Waals surface area (Å²) in [5.74, 6) is 1.38. The fourth-order valence-electron chi connectivity index (χ4n) is 3.59. The number of fused-ring (bicyclic) bond motifs is 3. The largest absolute Gasteiger partial charge is 0.467 e. The van der Waals surface area contributed by atoms with Gasteiger partial charge in [0.2, 0.25) is 5.91 Å². The number of allylic oxidation sites excluding steroid dienone is 1. The number of carbonyl (C=O) groups is 1. The summed E-state index contributed by atoms with van der Waals surface area (Å²) in [6, 6.07) is 3.59. The Morgan fingerprint density at radius 1 is 1.55 bits per heavy atom. The number of aromatic nitrogens is 2. The van der Waals surface area contributed by atoms with Crippen LogP contribution in [0, 0.1) is 5.92 Å². The minimum Gasteiger partial charge on any atom is -0.467 e. The molecule has 152 valence electrons. The molecule has 1 N–H and O–H groups in total. The molecule has 1 atom stereocenters. The van der Waals surface area contributed by atoms with Crippen molar-refractivity contribution in [1.29, 1.82) is 0 Å². The first-order chi connectivity index (χ1) is 14.1. The van der Waals surface area contributed by atoms with Gasteiger partial charge in [-0.15, -0.1) is 17.9 Å². The molecule has 0 aliphatic heterocycles. The molecular formula is C21H23N3O3S2. The molecule has 3 aromatic rings. The van der Waals surface area contributed by atoms with Gasteiger partial charge in [-0.05, 0) is 42.9 Å². The van der Waals surface area contributed by atoms with E-state index in [0.29, 0.717) is 29.9 Å². The van der Waals surface area contributed by atoms with Gasteiger partial charge in [0, 0.05) is 11.4 Å². The molecule has 3 aromatic heterocycles. The third-order valence-electron chi connectivity index (χ3n) is 5.06. The molecule has 0 bridgehead atoms. The molecule has 3 heterocycles. The molecule has 4 rings (SSSR count). The van der Waals surface area contributed by atoms with Crippen molar-refractivity contribution >= 4 is 39.2 Å². The van der Waals surface area contributed by atoms with Gasteiger partial charge in [-0.1, -0.05) is 24.8 Å². The van der Waals surface area contributed by atoms with E-state index < -0.39 is 0 Å². The van der Waals surface area contributed by atoms with E-state index in [2.05, 4.69) is 18.8 Å². The van der Waals surface area contributed by atoms with Crippen LogP contribution in [0.3, 0.4) is 0 Å². The van der Waals surface area contributed by atoms with Crippen LogP contribution in [0.4, 0.5) is 0 Å². The third-order valence-corrected chi connectivity index (χ3v) is 7.19. The van der Waals surface area contributed by atoms with Crippen molar-refractivity contribution in [3.8, 4) is 0 Å². The molecular weight excluding hydrogens is 406 g/mol. The van der Waals surface area contributed by atoms with Gasteiger partial charge >= 0.3 is 0 Å². The highest BCUT2D eigenvalue weighted by Gasteiger charge is 2.24. The second-order valence-electron chi connectivity index (χ2n) is 7.28. The number of furan rings is 1. The summed E-state index contributed by atoms with van der Waals surface area (Å²) in [6.45, 7) is 6.74. The Morgan fingerprint density at radius 2 is 2.41 bits per heavy atom. The second kappa shape index (κ2) is 8.59. The maximum atomic E-state index is 13.2. The molecule has 1 aliphatic rings. The van der Waals surface area contributed by atoms with E-state index in [1.165, 1.54) is 22.2 Å². The minimum atomic E-state index is -0.134. The molecule has 0 unspecified atom stereocenters. The van der Waals surface area contributed by atoms with E-state index in [4.69, 9.17) is 9.40 Å². The first-order valence-corrected chi connectivity index (χ1v) is 11.4. The standard InChI is InChI=1S/C21H23N3O3S2/c1-3-8-24-20(26)18-15-7-6-13(2)10-16(15)29-19(18)23-21(24)28-12-17(25)22-11-14-5-4-9-27-14/h3-5,9,13H,1,6-8,10-12H2,2H3,(H,22,25)/t13-/m1/s1. The normalized spacial score (nSPS) is 16.0. The zero-order valence-electron chi connectivity index (χ0n) is 16.3. The molecule has 1 aliphatic carbocycles. The number of nitrogens with zero attached hydrogens (tertiary/aromatic N) is 2. The number of nitrogens with one attached hydrogen (secondary N) is 1. The molecule has 0 spiro atoms. The van der Waals surface area contributed by atoms with Gasteiger partial charge in [-0.25, -0.2) is 4.98 Å². The Hall–Kier alpha value is -2.32. The summed E-state index contributed by atoms with van der Waals surface area (Å²) in [6.07, 6.45) is 6.31. The van der Waals surface area contributed by atoms with Crippen LogP contribution in [0.5, 0.6) is 0 Å². The number of rotatable bonds is 7. The number of hydrogen-bond acceptors (Lipinski definition) is 6. The van der Waals surface area contributed by atoms with Crippen molar-refractivity contribution in [3.05, 3.63) is 57.6 Å². The first-order valence-electron chi connectivity index (χ1n) is 9.64. The Bertz CT molecular complexity index is 1100. The van der Waals surface area contributed by atoms with Crippen molar-refractivity contribution in [2.24, 2.45) is 5.92 Å². The van der Waals surface area contributed by atoms with Gasteiger partial charge in [0.15, 0.2) is 5.16 Å². The lowest BCUT2D eigenvalue weighted by Crippen LogP contribution is -2.26. The number of amides is 1. The monoisotopic (exact) mass is 429 g/mol. The fraction of sp³-hybridized carbons (Fsp3) is 0.381. The molecule has 0 fully saturated rings. The van der Waals surface area contributed by atoms with Crippen molar-refractivity contribution in [2.75, 3.05) is 5.75 Å². The number of thiophene rings is 1. The van der Waals surface area contributed by atoms with Gasteiger partial charge in [-0.3, -0.25) is 14.2 Å². The average molecular weight is 430 g/mol. The summed E-state index contributed by atoms with van der Waals surface area (Å²) in [7, 11) is 0. The summed E-state index contributed by atoms with van der Waals surface area (Å²) in [5.41, 5.74) is 1.14. The van der Waals surface area contributed by atoms with Crippen LogP contribution in [0.1, 0.15) is 29.5 Å². The molecule has 29 heavy (non-hydrogen) atoms. The highest BCUT2D eigenvalue weighted by Crippen LogP contribution is 2.36. The average Bonchev–Trinajstić information content (AvgIpc) is 3.34. The first kappa shape index (κ1) is 20.0. The minimum absolute atomic E-state index is 0.0274. The molecule has 0 saturated carbocycles. The van der Waals surface area contributed by atoms with Crippen LogP contribution in [0.25, 0.3) is 10.2 Å². The van der Waals surface area contributed by atoms with Crippen molar-refractivity contribution in [3.63, 3.8) is 0 Å². The lowest BCUT2D eigenvalue weighted by molar-refractivity contribution is -0.118. The smallest absolute Gasteiger partial charge is 0.263 e. The van der Waals surface area contributed by atoms with Gasteiger partial charge in [0.05, 0.1) is 23.9 Å². The van der Waals surface area contributed by atoms with Gasteiger partial charge in [0.1, 0.15) is 10.6 Å². The van der Waals surface area contributed by atoms with Crippen LogP contribution in [0.15, 0.2) is 45.4 Å². The highest BCUT2D eigenvalue weighted by atomic mass is 32.2. The quantitative estimate of drug-likeness (QED) is 0.351. The summed E-state index contributed by atoms with van der Waals surface area (Å²) in [4.78, 5) is 32.3. The number of thioether (sulfide) groups is 1. The molecule has 0 saturated heterocycles. The highest BCUT2D eigenvalue weighted by molar-refractivity contribution is 7.99. The fourth-order valence-corrected chi connectivity index (χ4v) is 5.85. The van der Waals surface area contributed by atoms with E-state index in [0.717, 1.165) is 29.5 Å². The SMILES string of the molecule is C=CCn1c(SCC(=O)NCc2ccco2)nc2sc3c(c2c1=O)CC[C@@H](C)C3. The molecule has 8 heteroatoms. The lowest BCUT2D eigenvalue weighted by atomic mass is 9.89.